The Morgan fingerprint density at radius 1 is 1.13 bits per heavy atom. The van der Waals surface area contributed by atoms with Gasteiger partial charge in [0.2, 0.25) is 5.91 Å². The lowest BCUT2D eigenvalue weighted by molar-refractivity contribution is -0.131. The summed E-state index contributed by atoms with van der Waals surface area (Å²) in [5, 5.41) is 4.37. The van der Waals surface area contributed by atoms with Crippen LogP contribution in [0.1, 0.15) is 18.4 Å². The highest BCUT2D eigenvalue weighted by Gasteiger charge is 2.24. The molecule has 0 unspecified atom stereocenters. The van der Waals surface area contributed by atoms with E-state index in [1.54, 1.807) is 19.2 Å². The van der Waals surface area contributed by atoms with Gasteiger partial charge in [0.15, 0.2) is 5.96 Å². The minimum atomic E-state index is -0.215. The number of rotatable bonds is 5. The average molecular weight is 542 g/mol. The van der Waals surface area contributed by atoms with Crippen LogP contribution in [0.25, 0.3) is 10.9 Å². The van der Waals surface area contributed by atoms with Gasteiger partial charge in [0.25, 0.3) is 0 Å². The second-order valence-corrected chi connectivity index (χ2v) is 8.08. The lowest BCUT2D eigenvalue weighted by Gasteiger charge is -2.36. The van der Waals surface area contributed by atoms with Gasteiger partial charge < -0.3 is 20.1 Å². The highest BCUT2D eigenvalue weighted by atomic mass is 127. The number of halogens is 2. The summed E-state index contributed by atoms with van der Waals surface area (Å²) in [4.78, 5) is 26.5. The van der Waals surface area contributed by atoms with Crippen molar-refractivity contribution < 1.29 is 9.18 Å². The summed E-state index contributed by atoms with van der Waals surface area (Å²) in [5.74, 6) is 0.929. The molecule has 1 aromatic carbocycles. The molecule has 2 N–H and O–H groups in total. The van der Waals surface area contributed by atoms with Crippen molar-refractivity contribution in [2.45, 2.75) is 19.3 Å². The second-order valence-electron chi connectivity index (χ2n) is 8.08. The van der Waals surface area contributed by atoms with Crippen LogP contribution in [-0.4, -0.2) is 91.0 Å². The van der Waals surface area contributed by atoms with E-state index < -0.39 is 0 Å². The van der Waals surface area contributed by atoms with E-state index in [2.05, 4.69) is 25.1 Å². The van der Waals surface area contributed by atoms with Gasteiger partial charge in [0.05, 0.1) is 6.54 Å². The van der Waals surface area contributed by atoms with Crippen LogP contribution in [0.4, 0.5) is 4.39 Å². The van der Waals surface area contributed by atoms with Gasteiger partial charge >= 0.3 is 0 Å². The fourth-order valence-corrected chi connectivity index (χ4v) is 4.37. The molecule has 9 heteroatoms. The molecule has 2 aliphatic rings. The molecule has 2 fully saturated rings. The summed E-state index contributed by atoms with van der Waals surface area (Å²) in [5.41, 5.74) is 2.05. The van der Waals surface area contributed by atoms with Crippen molar-refractivity contribution in [2.24, 2.45) is 4.99 Å². The fourth-order valence-electron chi connectivity index (χ4n) is 4.37. The Morgan fingerprint density at radius 2 is 1.87 bits per heavy atom. The lowest BCUT2D eigenvalue weighted by atomic mass is 10.1. The van der Waals surface area contributed by atoms with Crippen LogP contribution in [0.2, 0.25) is 0 Å². The predicted octanol–water partition coefficient (Wildman–Crippen LogP) is 2.28. The molecule has 2 aliphatic heterocycles. The molecule has 0 radical (unpaired) electrons. The van der Waals surface area contributed by atoms with Gasteiger partial charge in [-0.1, -0.05) is 0 Å². The van der Waals surface area contributed by atoms with Gasteiger partial charge in [-0.15, -0.1) is 24.0 Å². The van der Waals surface area contributed by atoms with E-state index in [1.165, 1.54) is 6.07 Å². The van der Waals surface area contributed by atoms with Gasteiger partial charge in [0.1, 0.15) is 5.82 Å². The standard InChI is InChI=1S/C22H31FN6O.HI/c1-24-22(25-7-6-17-15-26-20-5-4-18(23)14-19(17)20)29-12-10-27(11-13-29)16-21(30)28-8-2-3-9-28;/h4-5,14-15,26H,2-3,6-13,16H2,1H3,(H,24,25);1H. The zero-order chi connectivity index (χ0) is 20.9. The van der Waals surface area contributed by atoms with Crippen molar-refractivity contribution in [3.05, 3.63) is 35.8 Å². The monoisotopic (exact) mass is 542 g/mol. The minimum absolute atomic E-state index is 0. The molecule has 3 heterocycles. The molecule has 2 aromatic rings. The van der Waals surface area contributed by atoms with E-state index in [0.29, 0.717) is 6.54 Å². The summed E-state index contributed by atoms with van der Waals surface area (Å²) in [6.07, 6.45) is 5.00. The number of likely N-dealkylation sites (tertiary alicyclic amines) is 1. The lowest BCUT2D eigenvalue weighted by Crippen LogP contribution is -2.54. The average Bonchev–Trinajstić information content (AvgIpc) is 3.42. The SMILES string of the molecule is CN=C(NCCc1c[nH]c2ccc(F)cc12)N1CCN(CC(=O)N2CCCC2)CC1.I. The van der Waals surface area contributed by atoms with Crippen LogP contribution in [0.5, 0.6) is 0 Å². The van der Waals surface area contributed by atoms with Crippen LogP contribution in [0.3, 0.4) is 0 Å². The molecule has 0 atom stereocenters. The molecule has 31 heavy (non-hydrogen) atoms. The summed E-state index contributed by atoms with van der Waals surface area (Å²) in [6, 6.07) is 4.83. The quantitative estimate of drug-likeness (QED) is 0.346. The van der Waals surface area contributed by atoms with E-state index in [1.807, 2.05) is 11.1 Å². The van der Waals surface area contributed by atoms with E-state index >= 15 is 0 Å². The van der Waals surface area contributed by atoms with E-state index in [-0.39, 0.29) is 35.7 Å². The summed E-state index contributed by atoms with van der Waals surface area (Å²) >= 11 is 0. The number of carbonyl (C=O) groups excluding carboxylic acids is 1. The molecule has 1 aromatic heterocycles. The zero-order valence-corrected chi connectivity index (χ0v) is 20.4. The molecular weight excluding hydrogens is 510 g/mol. The first-order chi connectivity index (χ1) is 14.6. The first kappa shape index (κ1) is 23.8. The Bertz CT molecular complexity index is 903. The molecule has 7 nitrogen and oxygen atoms in total. The first-order valence-corrected chi connectivity index (χ1v) is 10.9. The number of nitrogens with zero attached hydrogens (tertiary/aromatic N) is 4. The Morgan fingerprint density at radius 3 is 2.58 bits per heavy atom. The van der Waals surface area contributed by atoms with Crippen LogP contribution in [-0.2, 0) is 11.2 Å². The first-order valence-electron chi connectivity index (χ1n) is 10.9. The fraction of sp³-hybridized carbons (Fsp3) is 0.545. The van der Waals surface area contributed by atoms with Gasteiger partial charge in [0, 0.05) is 70.0 Å². The van der Waals surface area contributed by atoms with Crippen molar-refractivity contribution >= 4 is 46.7 Å². The number of piperazine rings is 1. The number of guanidine groups is 1. The van der Waals surface area contributed by atoms with Crippen molar-refractivity contribution in [1.29, 1.82) is 0 Å². The number of H-pyrrole nitrogens is 1. The Labute approximate surface area is 200 Å². The number of aromatic nitrogens is 1. The highest BCUT2D eigenvalue weighted by Crippen LogP contribution is 2.19. The molecule has 4 rings (SSSR count). The van der Waals surface area contributed by atoms with Crippen LogP contribution in [0, 0.1) is 5.82 Å². The number of aromatic amines is 1. The summed E-state index contributed by atoms with van der Waals surface area (Å²) in [7, 11) is 1.80. The third-order valence-electron chi connectivity index (χ3n) is 6.11. The number of hydrogen-bond acceptors (Lipinski definition) is 3. The van der Waals surface area contributed by atoms with Gasteiger partial charge in [-0.05, 0) is 43.0 Å². The largest absolute Gasteiger partial charge is 0.361 e. The molecule has 1 amide bonds. The van der Waals surface area contributed by atoms with Crippen molar-refractivity contribution in [3.63, 3.8) is 0 Å². The van der Waals surface area contributed by atoms with Crippen LogP contribution < -0.4 is 5.32 Å². The predicted molar refractivity (Wildman–Crippen MR) is 133 cm³/mol. The van der Waals surface area contributed by atoms with Crippen LogP contribution in [0.15, 0.2) is 29.4 Å². The smallest absolute Gasteiger partial charge is 0.236 e. The molecule has 0 bridgehead atoms. The number of carbonyl (C=O) groups is 1. The van der Waals surface area contributed by atoms with E-state index in [9.17, 15) is 9.18 Å². The molecule has 0 aliphatic carbocycles. The Kier molecular flexibility index (Phi) is 8.53. The van der Waals surface area contributed by atoms with Crippen molar-refractivity contribution in [3.8, 4) is 0 Å². The topological polar surface area (TPSA) is 67.0 Å². The molecule has 0 spiro atoms. The molecule has 2 saturated heterocycles. The number of hydrogen-bond donors (Lipinski definition) is 2. The number of aliphatic imine (C=N–C) groups is 1. The maximum absolute atomic E-state index is 13.6. The third kappa shape index (κ3) is 5.88. The number of nitrogens with one attached hydrogen (secondary N) is 2. The normalized spacial score (nSPS) is 17.8. The van der Waals surface area contributed by atoms with E-state index in [0.717, 1.165) is 87.5 Å². The highest BCUT2D eigenvalue weighted by molar-refractivity contribution is 14.0. The number of fused-ring (bicyclic) bond motifs is 1. The van der Waals surface area contributed by atoms with Crippen molar-refractivity contribution in [2.75, 3.05) is 59.4 Å². The summed E-state index contributed by atoms with van der Waals surface area (Å²) in [6.45, 7) is 6.51. The summed E-state index contributed by atoms with van der Waals surface area (Å²) < 4.78 is 13.6. The van der Waals surface area contributed by atoms with Gasteiger partial charge in [-0.25, -0.2) is 4.39 Å². The zero-order valence-electron chi connectivity index (χ0n) is 18.1. The second kappa shape index (κ2) is 11.1. The Hall–Kier alpha value is -1.88. The van der Waals surface area contributed by atoms with E-state index in [4.69, 9.17) is 0 Å². The number of benzene rings is 1. The molecule has 170 valence electrons. The number of amides is 1. The van der Waals surface area contributed by atoms with Crippen LogP contribution >= 0.6 is 24.0 Å². The molecule has 0 saturated carbocycles. The Balaban J connectivity index is 0.00000272. The molecular formula is C22H32FIN6O. The van der Waals surface area contributed by atoms with Gasteiger partial charge in [-0.2, -0.15) is 0 Å². The van der Waals surface area contributed by atoms with Gasteiger partial charge in [-0.3, -0.25) is 14.7 Å². The van der Waals surface area contributed by atoms with Crippen molar-refractivity contribution in [1.82, 2.24) is 25.0 Å². The maximum atomic E-state index is 13.6. The maximum Gasteiger partial charge on any atom is 0.236 e. The minimum Gasteiger partial charge on any atom is -0.361 e. The third-order valence-corrected chi connectivity index (χ3v) is 6.11.